The van der Waals surface area contributed by atoms with E-state index in [-0.39, 0.29) is 17.4 Å². The van der Waals surface area contributed by atoms with Crippen LogP contribution in [0.5, 0.6) is 0 Å². The minimum atomic E-state index is -0.111. The zero-order valence-electron chi connectivity index (χ0n) is 16.9. The number of carbonyl (C=O) groups excluding carboxylic acids is 1. The molecule has 154 valence electrons. The van der Waals surface area contributed by atoms with Crippen molar-refractivity contribution in [2.75, 3.05) is 18.0 Å². The second-order valence-corrected chi connectivity index (χ2v) is 8.32. The van der Waals surface area contributed by atoms with Crippen LogP contribution in [0.2, 0.25) is 0 Å². The molecule has 1 aromatic heterocycles. The number of piperidine rings is 1. The molecule has 1 amide bonds. The highest BCUT2D eigenvalue weighted by Crippen LogP contribution is 2.23. The average molecular weight is 395 g/mol. The van der Waals surface area contributed by atoms with E-state index in [2.05, 4.69) is 15.3 Å². The molecule has 1 aromatic carbocycles. The quantitative estimate of drug-likeness (QED) is 0.847. The Labute approximate surface area is 171 Å². The van der Waals surface area contributed by atoms with Gasteiger partial charge in [-0.25, -0.2) is 4.68 Å². The third-order valence-electron chi connectivity index (χ3n) is 6.14. The second-order valence-electron chi connectivity index (χ2n) is 8.32. The second kappa shape index (κ2) is 9.25. The Morgan fingerprint density at radius 1 is 1.07 bits per heavy atom. The van der Waals surface area contributed by atoms with E-state index in [4.69, 9.17) is 0 Å². The van der Waals surface area contributed by atoms with Gasteiger partial charge in [0.05, 0.1) is 24.3 Å². The maximum Gasteiger partial charge on any atom is 0.269 e. The largest absolute Gasteiger partial charge is 0.369 e. The van der Waals surface area contributed by atoms with E-state index in [1.807, 2.05) is 30.3 Å². The summed E-state index contributed by atoms with van der Waals surface area (Å²) in [4.78, 5) is 27.4. The highest BCUT2D eigenvalue weighted by molar-refractivity contribution is 5.80. The fraction of sp³-hybridized carbons (Fsp3) is 0.522. The molecule has 1 aliphatic carbocycles. The van der Waals surface area contributed by atoms with Gasteiger partial charge < -0.3 is 10.2 Å². The number of rotatable bonds is 5. The van der Waals surface area contributed by atoms with Crippen molar-refractivity contribution in [1.29, 1.82) is 0 Å². The topological polar surface area (TPSA) is 67.2 Å². The molecule has 1 saturated heterocycles. The van der Waals surface area contributed by atoms with Gasteiger partial charge >= 0.3 is 0 Å². The van der Waals surface area contributed by atoms with Crippen molar-refractivity contribution < 1.29 is 4.79 Å². The van der Waals surface area contributed by atoms with Gasteiger partial charge in [0.15, 0.2) is 0 Å². The number of anilines is 1. The van der Waals surface area contributed by atoms with E-state index in [1.54, 1.807) is 12.3 Å². The van der Waals surface area contributed by atoms with E-state index in [1.165, 1.54) is 23.9 Å². The molecule has 1 N–H and O–H groups in total. The lowest BCUT2D eigenvalue weighted by Gasteiger charge is -2.34. The molecule has 0 bridgehead atoms. The van der Waals surface area contributed by atoms with E-state index in [0.717, 1.165) is 43.5 Å². The minimum Gasteiger partial charge on any atom is -0.369 e. The van der Waals surface area contributed by atoms with E-state index in [0.29, 0.717) is 19.1 Å². The number of carbonyl (C=O) groups is 1. The van der Waals surface area contributed by atoms with Crippen molar-refractivity contribution in [2.45, 2.75) is 57.5 Å². The molecular weight excluding hydrogens is 364 g/mol. The summed E-state index contributed by atoms with van der Waals surface area (Å²) < 4.78 is 1.48. The zero-order chi connectivity index (χ0) is 20.1. The molecule has 2 aliphatic rings. The zero-order valence-corrected chi connectivity index (χ0v) is 16.9. The van der Waals surface area contributed by atoms with Crippen LogP contribution < -0.4 is 15.8 Å². The van der Waals surface area contributed by atoms with E-state index < -0.39 is 0 Å². The normalized spacial score (nSPS) is 20.4. The standard InChI is InChI=1S/C23H30N4O2/c28-22-14-21(15-24-27(22)16-18-8-3-1-4-9-18)26-13-7-10-19(17-26)23(29)25-20-11-5-2-6-12-20/h1,3-4,8-9,14-15,19-20H,2,5-7,10-13,16-17H2,(H,25,29). The lowest BCUT2D eigenvalue weighted by atomic mass is 9.93. The Morgan fingerprint density at radius 2 is 1.86 bits per heavy atom. The molecule has 0 spiro atoms. The fourth-order valence-corrected chi connectivity index (χ4v) is 4.46. The lowest BCUT2D eigenvalue weighted by Crippen LogP contribution is -2.46. The first kappa shape index (κ1) is 19.7. The molecule has 1 saturated carbocycles. The first-order valence-corrected chi connectivity index (χ1v) is 10.9. The third-order valence-corrected chi connectivity index (χ3v) is 6.14. The van der Waals surface area contributed by atoms with E-state index in [9.17, 15) is 9.59 Å². The molecular formula is C23H30N4O2. The Hall–Kier alpha value is -2.63. The van der Waals surface area contributed by atoms with Crippen LogP contribution in [0.1, 0.15) is 50.5 Å². The first-order chi connectivity index (χ1) is 14.2. The predicted octanol–water partition coefficient (Wildman–Crippen LogP) is 2.96. The number of hydrogen-bond acceptors (Lipinski definition) is 4. The molecule has 2 aromatic rings. The molecule has 1 atom stereocenters. The van der Waals surface area contributed by atoms with Crippen LogP contribution >= 0.6 is 0 Å². The number of nitrogens with one attached hydrogen (secondary N) is 1. The number of nitrogens with zero attached hydrogens (tertiary/aromatic N) is 3. The maximum absolute atomic E-state index is 12.7. The van der Waals surface area contributed by atoms with Crippen molar-refractivity contribution >= 4 is 11.6 Å². The Morgan fingerprint density at radius 3 is 2.62 bits per heavy atom. The molecule has 1 aliphatic heterocycles. The van der Waals surface area contributed by atoms with Gasteiger partial charge in [0.1, 0.15) is 0 Å². The molecule has 2 fully saturated rings. The highest BCUT2D eigenvalue weighted by atomic mass is 16.2. The minimum absolute atomic E-state index is 0.0163. The van der Waals surface area contributed by atoms with Crippen molar-refractivity contribution in [3.63, 3.8) is 0 Å². The van der Waals surface area contributed by atoms with Crippen LogP contribution in [0.3, 0.4) is 0 Å². The number of aromatic nitrogens is 2. The first-order valence-electron chi connectivity index (χ1n) is 10.9. The Bertz CT molecular complexity index is 874. The maximum atomic E-state index is 12.7. The number of amides is 1. The van der Waals surface area contributed by atoms with Crippen LogP contribution in [0.4, 0.5) is 5.69 Å². The summed E-state index contributed by atoms with van der Waals surface area (Å²) in [6.07, 6.45) is 9.54. The summed E-state index contributed by atoms with van der Waals surface area (Å²) in [7, 11) is 0. The highest BCUT2D eigenvalue weighted by Gasteiger charge is 2.28. The van der Waals surface area contributed by atoms with Crippen LogP contribution in [0.15, 0.2) is 47.4 Å². The predicted molar refractivity (Wildman–Crippen MR) is 114 cm³/mol. The van der Waals surface area contributed by atoms with Gasteiger partial charge in [0, 0.05) is 25.2 Å². The summed E-state index contributed by atoms with van der Waals surface area (Å²) in [5, 5.41) is 7.64. The van der Waals surface area contributed by atoms with Crippen LogP contribution in [-0.2, 0) is 11.3 Å². The van der Waals surface area contributed by atoms with Gasteiger partial charge in [-0.15, -0.1) is 0 Å². The van der Waals surface area contributed by atoms with Gasteiger partial charge in [-0.1, -0.05) is 49.6 Å². The van der Waals surface area contributed by atoms with Gasteiger partial charge in [0.25, 0.3) is 5.56 Å². The Balaban J connectivity index is 1.39. The smallest absolute Gasteiger partial charge is 0.269 e. The average Bonchev–Trinajstić information content (AvgIpc) is 2.77. The molecule has 6 nitrogen and oxygen atoms in total. The molecule has 6 heteroatoms. The van der Waals surface area contributed by atoms with Crippen molar-refractivity contribution in [3.05, 3.63) is 58.5 Å². The monoisotopic (exact) mass is 394 g/mol. The van der Waals surface area contributed by atoms with Crippen LogP contribution in [0, 0.1) is 5.92 Å². The number of hydrogen-bond donors (Lipinski definition) is 1. The van der Waals surface area contributed by atoms with Gasteiger partial charge in [0.2, 0.25) is 5.91 Å². The van der Waals surface area contributed by atoms with Crippen molar-refractivity contribution in [2.24, 2.45) is 5.92 Å². The lowest BCUT2D eigenvalue weighted by molar-refractivity contribution is -0.126. The molecule has 29 heavy (non-hydrogen) atoms. The third kappa shape index (κ3) is 5.05. The Kier molecular flexibility index (Phi) is 6.27. The van der Waals surface area contributed by atoms with Crippen LogP contribution in [-0.4, -0.2) is 34.8 Å². The van der Waals surface area contributed by atoms with Gasteiger partial charge in [-0.2, -0.15) is 5.10 Å². The van der Waals surface area contributed by atoms with Crippen molar-refractivity contribution in [3.8, 4) is 0 Å². The summed E-state index contributed by atoms with van der Waals surface area (Å²) >= 11 is 0. The molecule has 2 heterocycles. The van der Waals surface area contributed by atoms with Gasteiger partial charge in [-0.3, -0.25) is 9.59 Å². The fourth-order valence-electron chi connectivity index (χ4n) is 4.46. The van der Waals surface area contributed by atoms with Crippen LogP contribution in [0.25, 0.3) is 0 Å². The van der Waals surface area contributed by atoms with E-state index >= 15 is 0 Å². The van der Waals surface area contributed by atoms with Crippen molar-refractivity contribution in [1.82, 2.24) is 15.1 Å². The summed E-state index contributed by atoms with van der Waals surface area (Å²) in [6.45, 7) is 1.98. The summed E-state index contributed by atoms with van der Waals surface area (Å²) in [5.74, 6) is 0.157. The summed E-state index contributed by atoms with van der Waals surface area (Å²) in [6, 6.07) is 11.8. The SMILES string of the molecule is O=C(NC1CCCCC1)C1CCCN(c2cnn(Cc3ccccc3)c(=O)c2)C1. The van der Waals surface area contributed by atoms with Gasteiger partial charge in [-0.05, 0) is 31.2 Å². The summed E-state index contributed by atoms with van der Waals surface area (Å²) in [5.41, 5.74) is 1.75. The molecule has 4 rings (SSSR count). The molecule has 1 unspecified atom stereocenters. The molecule has 0 radical (unpaired) electrons. The number of benzene rings is 1.